The van der Waals surface area contributed by atoms with Gasteiger partial charge in [-0.3, -0.25) is 19.7 Å². The predicted octanol–water partition coefficient (Wildman–Crippen LogP) is 2.02. The average Bonchev–Trinajstić information content (AvgIpc) is 2.36. The maximum Gasteiger partial charge on any atom is 0.308 e. The fourth-order valence-corrected chi connectivity index (χ4v) is 1.69. The van der Waals surface area contributed by atoms with Crippen LogP contribution in [0, 0.1) is 10.1 Å². The fraction of sp³-hybridized carbons (Fsp3) is 0.385. The third kappa shape index (κ3) is 4.34. The molecule has 108 valence electrons. The number of nitro groups is 1. The molecule has 0 aliphatic heterocycles. The number of carbonyl (C=O) groups excluding carboxylic acids is 2. The van der Waals surface area contributed by atoms with Crippen molar-refractivity contribution in [1.82, 2.24) is 0 Å². The van der Waals surface area contributed by atoms with Crippen LogP contribution in [0.4, 0.5) is 5.69 Å². The Hall–Kier alpha value is -2.44. The van der Waals surface area contributed by atoms with E-state index in [2.05, 4.69) is 0 Å². The topological polar surface area (TPSA) is 95.7 Å². The molecule has 0 spiro atoms. The van der Waals surface area contributed by atoms with Crippen LogP contribution in [0.3, 0.4) is 0 Å². The van der Waals surface area contributed by atoms with Gasteiger partial charge in [0.25, 0.3) is 5.69 Å². The molecule has 0 bridgehead atoms. The van der Waals surface area contributed by atoms with E-state index in [0.29, 0.717) is 0 Å². The lowest BCUT2D eigenvalue weighted by molar-refractivity contribution is -0.385. The molecule has 1 rings (SSSR count). The van der Waals surface area contributed by atoms with E-state index in [1.807, 2.05) is 0 Å². The maximum atomic E-state index is 11.3. The Morgan fingerprint density at radius 2 is 2.05 bits per heavy atom. The minimum absolute atomic E-state index is 0.0209. The zero-order valence-corrected chi connectivity index (χ0v) is 11.3. The Bertz CT molecular complexity index is 526. The number of esters is 2. The minimum Gasteiger partial charge on any atom is -0.466 e. The van der Waals surface area contributed by atoms with Crippen LogP contribution in [0.2, 0.25) is 0 Å². The number of hydrogen-bond donors (Lipinski definition) is 0. The highest BCUT2D eigenvalue weighted by Gasteiger charge is 2.20. The number of rotatable bonds is 6. The highest BCUT2D eigenvalue weighted by molar-refractivity contribution is 5.72. The molecule has 1 aromatic carbocycles. The van der Waals surface area contributed by atoms with Crippen molar-refractivity contribution in [2.45, 2.75) is 26.7 Å². The van der Waals surface area contributed by atoms with Crippen LogP contribution in [-0.2, 0) is 20.7 Å². The van der Waals surface area contributed by atoms with E-state index in [4.69, 9.17) is 9.47 Å². The Balaban J connectivity index is 3.02. The summed E-state index contributed by atoms with van der Waals surface area (Å²) in [5, 5.41) is 11.0. The summed E-state index contributed by atoms with van der Waals surface area (Å²) in [6.07, 6.45) is 0.0472. The van der Waals surface area contributed by atoms with Gasteiger partial charge < -0.3 is 9.47 Å². The molecule has 0 saturated heterocycles. The summed E-state index contributed by atoms with van der Waals surface area (Å²) in [7, 11) is 0. The smallest absolute Gasteiger partial charge is 0.308 e. The van der Waals surface area contributed by atoms with Crippen molar-refractivity contribution in [3.05, 3.63) is 33.9 Å². The first-order valence-electron chi connectivity index (χ1n) is 6.06. The molecular weight excluding hydrogens is 266 g/mol. The summed E-state index contributed by atoms with van der Waals surface area (Å²) in [5.41, 5.74) is 0.0220. The standard InChI is InChI=1S/C13H15NO6/c1-3-19-13(16)8-7-10-11(14(17)18)5-4-6-12(10)20-9(2)15/h4-6H,3,7-8H2,1-2H3. The van der Waals surface area contributed by atoms with Gasteiger partial charge in [-0.05, 0) is 19.4 Å². The summed E-state index contributed by atoms with van der Waals surface area (Å²) in [6.45, 7) is 3.12. The van der Waals surface area contributed by atoms with Gasteiger partial charge in [0.05, 0.1) is 17.1 Å². The predicted molar refractivity (Wildman–Crippen MR) is 69.4 cm³/mol. The van der Waals surface area contributed by atoms with Gasteiger partial charge >= 0.3 is 11.9 Å². The van der Waals surface area contributed by atoms with E-state index >= 15 is 0 Å². The molecule has 0 aliphatic carbocycles. The summed E-state index contributed by atoms with van der Waals surface area (Å²) < 4.78 is 9.70. The van der Waals surface area contributed by atoms with Crippen LogP contribution in [0.15, 0.2) is 18.2 Å². The van der Waals surface area contributed by atoms with Crippen molar-refractivity contribution >= 4 is 17.6 Å². The van der Waals surface area contributed by atoms with Crippen LogP contribution in [0.5, 0.6) is 5.75 Å². The van der Waals surface area contributed by atoms with Gasteiger partial charge in [0.1, 0.15) is 5.75 Å². The first-order chi connectivity index (χ1) is 9.45. The van der Waals surface area contributed by atoms with Crippen LogP contribution >= 0.6 is 0 Å². The second-order valence-corrected chi connectivity index (χ2v) is 3.91. The van der Waals surface area contributed by atoms with Crippen LogP contribution in [-0.4, -0.2) is 23.5 Å². The van der Waals surface area contributed by atoms with E-state index in [9.17, 15) is 19.7 Å². The SMILES string of the molecule is CCOC(=O)CCc1c(OC(C)=O)cccc1[N+](=O)[O-]. The van der Waals surface area contributed by atoms with E-state index in [1.165, 1.54) is 25.1 Å². The third-order valence-electron chi connectivity index (χ3n) is 2.44. The Kier molecular flexibility index (Phi) is 5.64. The molecule has 0 radical (unpaired) electrons. The highest BCUT2D eigenvalue weighted by atomic mass is 16.6. The summed E-state index contributed by atoms with van der Waals surface area (Å²) in [6, 6.07) is 4.17. The normalized spacial score (nSPS) is 9.90. The third-order valence-corrected chi connectivity index (χ3v) is 2.44. The number of ether oxygens (including phenoxy) is 2. The van der Waals surface area contributed by atoms with Crippen molar-refractivity contribution < 1.29 is 24.0 Å². The zero-order valence-electron chi connectivity index (χ0n) is 11.3. The molecule has 0 saturated carbocycles. The molecule has 0 N–H and O–H groups in total. The molecule has 20 heavy (non-hydrogen) atoms. The largest absolute Gasteiger partial charge is 0.466 e. The molecule has 7 nitrogen and oxygen atoms in total. The number of nitro benzene ring substituents is 1. The number of hydrogen-bond acceptors (Lipinski definition) is 6. The van der Waals surface area contributed by atoms with Gasteiger partial charge in [-0.25, -0.2) is 0 Å². The second-order valence-electron chi connectivity index (χ2n) is 3.91. The van der Waals surface area contributed by atoms with E-state index in [1.54, 1.807) is 6.92 Å². The van der Waals surface area contributed by atoms with Crippen molar-refractivity contribution in [3.63, 3.8) is 0 Å². The number of nitrogens with zero attached hydrogens (tertiary/aromatic N) is 1. The van der Waals surface area contributed by atoms with Crippen molar-refractivity contribution in [2.75, 3.05) is 6.61 Å². The molecular formula is C13H15NO6. The van der Waals surface area contributed by atoms with Gasteiger partial charge in [0.2, 0.25) is 0 Å². The van der Waals surface area contributed by atoms with Gasteiger partial charge in [0.15, 0.2) is 0 Å². The van der Waals surface area contributed by atoms with Crippen LogP contribution < -0.4 is 4.74 Å². The summed E-state index contributed by atoms with van der Waals surface area (Å²) in [5.74, 6) is -0.946. The van der Waals surface area contributed by atoms with Gasteiger partial charge in [0, 0.05) is 19.4 Å². The van der Waals surface area contributed by atoms with Crippen LogP contribution in [0.25, 0.3) is 0 Å². The van der Waals surface area contributed by atoms with Gasteiger partial charge in [-0.2, -0.15) is 0 Å². The molecule has 0 atom stereocenters. The van der Waals surface area contributed by atoms with E-state index < -0.39 is 16.9 Å². The highest BCUT2D eigenvalue weighted by Crippen LogP contribution is 2.29. The second kappa shape index (κ2) is 7.22. The zero-order chi connectivity index (χ0) is 15.1. The summed E-state index contributed by atoms with van der Waals surface area (Å²) in [4.78, 5) is 32.7. The monoisotopic (exact) mass is 281 g/mol. The summed E-state index contributed by atoms with van der Waals surface area (Å²) >= 11 is 0. The molecule has 1 aromatic rings. The quantitative estimate of drug-likeness (QED) is 0.342. The molecule has 0 unspecified atom stereocenters. The minimum atomic E-state index is -0.581. The molecule has 0 heterocycles. The molecule has 0 amide bonds. The first-order valence-corrected chi connectivity index (χ1v) is 6.06. The Labute approximate surface area is 115 Å². The average molecular weight is 281 g/mol. The molecule has 0 fully saturated rings. The van der Waals surface area contributed by atoms with E-state index in [-0.39, 0.29) is 36.4 Å². The molecule has 7 heteroatoms. The van der Waals surface area contributed by atoms with Crippen molar-refractivity contribution in [2.24, 2.45) is 0 Å². The maximum absolute atomic E-state index is 11.3. The van der Waals surface area contributed by atoms with Crippen molar-refractivity contribution in [1.29, 1.82) is 0 Å². The van der Waals surface area contributed by atoms with E-state index in [0.717, 1.165) is 0 Å². The molecule has 0 aromatic heterocycles. The van der Waals surface area contributed by atoms with Gasteiger partial charge in [-0.15, -0.1) is 0 Å². The van der Waals surface area contributed by atoms with Gasteiger partial charge in [-0.1, -0.05) is 6.07 Å². The number of benzene rings is 1. The Morgan fingerprint density at radius 1 is 1.35 bits per heavy atom. The first kappa shape index (κ1) is 15.6. The molecule has 0 aliphatic rings. The lowest BCUT2D eigenvalue weighted by atomic mass is 10.1. The van der Waals surface area contributed by atoms with Crippen LogP contribution in [0.1, 0.15) is 25.8 Å². The Morgan fingerprint density at radius 3 is 2.60 bits per heavy atom. The lowest BCUT2D eigenvalue weighted by Crippen LogP contribution is -2.09. The fourth-order valence-electron chi connectivity index (χ4n) is 1.69. The number of carbonyl (C=O) groups is 2. The van der Waals surface area contributed by atoms with Crippen molar-refractivity contribution in [3.8, 4) is 5.75 Å². The lowest BCUT2D eigenvalue weighted by Gasteiger charge is -2.09.